The highest BCUT2D eigenvalue weighted by Gasteiger charge is 2.20. The second-order valence-electron chi connectivity index (χ2n) is 5.63. The molecule has 1 aliphatic rings. The normalized spacial score (nSPS) is 16.7. The van der Waals surface area contributed by atoms with Crippen LogP contribution in [-0.2, 0) is 16.0 Å². The van der Waals surface area contributed by atoms with Gasteiger partial charge in [0.25, 0.3) is 0 Å². The van der Waals surface area contributed by atoms with E-state index in [1.165, 1.54) is 6.20 Å². The first kappa shape index (κ1) is 16.5. The zero-order valence-electron chi connectivity index (χ0n) is 13.9. The molecule has 1 fully saturated rings. The average molecular weight is 334 g/mol. The Morgan fingerprint density at radius 1 is 1.46 bits per heavy atom. The number of aryl methyl sites for hydroxylation is 1. The molecule has 8 heteroatoms. The van der Waals surface area contributed by atoms with Crippen LogP contribution in [0.25, 0.3) is 11.0 Å². The largest absolute Gasteiger partial charge is 0.462 e. The lowest BCUT2D eigenvalue weighted by Gasteiger charge is -2.18. The van der Waals surface area contributed by atoms with Gasteiger partial charge in [-0.25, -0.2) is 9.48 Å². The Morgan fingerprint density at radius 3 is 2.88 bits per heavy atom. The summed E-state index contributed by atoms with van der Waals surface area (Å²) < 4.78 is 13.1. The summed E-state index contributed by atoms with van der Waals surface area (Å²) in [5.74, 6) is -0.503. The Hall–Kier alpha value is -2.35. The van der Waals surface area contributed by atoms with Crippen LogP contribution in [-0.4, -0.2) is 51.5 Å². The quantitative estimate of drug-likeness (QED) is 0.673. The third-order valence-corrected chi connectivity index (χ3v) is 4.09. The van der Waals surface area contributed by atoms with Crippen LogP contribution < -0.4 is 5.36 Å². The van der Waals surface area contributed by atoms with E-state index < -0.39 is 5.97 Å². The Balaban J connectivity index is 2.23. The van der Waals surface area contributed by atoms with E-state index in [1.807, 2.05) is 6.92 Å². The molecule has 0 aliphatic carbocycles. The van der Waals surface area contributed by atoms with Gasteiger partial charge in [-0.3, -0.25) is 4.99 Å². The monoisotopic (exact) mass is 334 g/mol. The van der Waals surface area contributed by atoms with Gasteiger partial charge in [0.1, 0.15) is 5.56 Å². The van der Waals surface area contributed by atoms with E-state index in [9.17, 15) is 10.0 Å². The summed E-state index contributed by atoms with van der Waals surface area (Å²) in [6.45, 7) is 5.85. The third-order valence-electron chi connectivity index (χ3n) is 4.09. The maximum Gasteiger partial charge on any atom is 0.341 e. The Kier molecular flexibility index (Phi) is 4.84. The van der Waals surface area contributed by atoms with Crippen molar-refractivity contribution in [2.24, 2.45) is 4.99 Å². The van der Waals surface area contributed by atoms with E-state index in [0.29, 0.717) is 36.1 Å². The molecule has 0 saturated carbocycles. The minimum Gasteiger partial charge on any atom is -0.462 e. The smallest absolute Gasteiger partial charge is 0.341 e. The zero-order chi connectivity index (χ0) is 17.1. The first-order valence-corrected chi connectivity index (χ1v) is 8.24. The van der Waals surface area contributed by atoms with E-state index in [1.54, 1.807) is 17.8 Å². The second-order valence-corrected chi connectivity index (χ2v) is 5.63. The van der Waals surface area contributed by atoms with Crippen LogP contribution in [0.15, 0.2) is 17.4 Å². The molecule has 3 rings (SSSR count). The molecule has 1 saturated heterocycles. The Labute approximate surface area is 139 Å². The van der Waals surface area contributed by atoms with Crippen molar-refractivity contribution >= 4 is 17.0 Å². The molecule has 3 heterocycles. The molecule has 0 atom stereocenters. The molecule has 0 aromatic carbocycles. The molecular weight excluding hydrogens is 312 g/mol. The number of nitrogens with zero attached hydrogens (tertiary/aromatic N) is 4. The predicted octanol–water partition coefficient (Wildman–Crippen LogP) is 1.35. The maximum absolute atomic E-state index is 12.3. The molecule has 1 aliphatic heterocycles. The predicted molar refractivity (Wildman–Crippen MR) is 85.9 cm³/mol. The van der Waals surface area contributed by atoms with Crippen LogP contribution in [0.5, 0.6) is 0 Å². The van der Waals surface area contributed by atoms with Crippen molar-refractivity contribution in [2.75, 3.05) is 19.8 Å². The van der Waals surface area contributed by atoms with Gasteiger partial charge in [-0.2, -0.15) is 9.83 Å². The molecule has 0 amide bonds. The van der Waals surface area contributed by atoms with Gasteiger partial charge in [-0.1, -0.05) is 0 Å². The summed E-state index contributed by atoms with van der Waals surface area (Å²) in [4.78, 5) is 17.1. The number of pyridine rings is 1. The molecule has 130 valence electrons. The number of ether oxygens (including phenoxy) is 2. The van der Waals surface area contributed by atoms with Gasteiger partial charge in [-0.15, -0.1) is 0 Å². The van der Waals surface area contributed by atoms with Gasteiger partial charge in [0.2, 0.25) is 0 Å². The summed E-state index contributed by atoms with van der Waals surface area (Å²) in [5, 5.41) is 15.7. The van der Waals surface area contributed by atoms with Crippen molar-refractivity contribution < 1.29 is 19.5 Å². The average Bonchev–Trinajstić information content (AvgIpc) is 3.03. The van der Waals surface area contributed by atoms with Crippen LogP contribution in [0.1, 0.15) is 37.0 Å². The van der Waals surface area contributed by atoms with Gasteiger partial charge in [0, 0.05) is 19.8 Å². The molecule has 24 heavy (non-hydrogen) atoms. The van der Waals surface area contributed by atoms with E-state index >= 15 is 0 Å². The molecule has 1 N–H and O–H groups in total. The molecule has 8 nitrogen and oxygen atoms in total. The molecule has 0 radical (unpaired) electrons. The Morgan fingerprint density at radius 2 is 2.21 bits per heavy atom. The lowest BCUT2D eigenvalue weighted by atomic mass is 10.1. The molecule has 0 unspecified atom stereocenters. The fourth-order valence-corrected chi connectivity index (χ4v) is 2.90. The van der Waals surface area contributed by atoms with Crippen molar-refractivity contribution in [1.29, 1.82) is 0 Å². The number of carbonyl (C=O) groups excluding carboxylic acids is 1. The SMILES string of the molecule is CCOC(=O)c1cn(O)c2c(cnn2CC)c1=NC1CCOCC1. The lowest BCUT2D eigenvalue weighted by Crippen LogP contribution is -2.26. The number of carbonyl (C=O) groups is 1. The summed E-state index contributed by atoms with van der Waals surface area (Å²) in [6, 6.07) is 0.0784. The van der Waals surface area contributed by atoms with Gasteiger partial charge >= 0.3 is 5.97 Å². The minimum atomic E-state index is -0.503. The maximum atomic E-state index is 12.3. The summed E-state index contributed by atoms with van der Waals surface area (Å²) >= 11 is 0. The molecule has 2 aromatic rings. The minimum absolute atomic E-state index is 0.0784. The molecular formula is C16H22N4O4. The molecule has 0 spiro atoms. The van der Waals surface area contributed by atoms with Crippen LogP contribution in [0, 0.1) is 0 Å². The van der Waals surface area contributed by atoms with E-state index in [0.717, 1.165) is 17.6 Å². The van der Waals surface area contributed by atoms with Crippen LogP contribution in [0.2, 0.25) is 0 Å². The first-order valence-electron chi connectivity index (χ1n) is 8.24. The zero-order valence-corrected chi connectivity index (χ0v) is 13.9. The van der Waals surface area contributed by atoms with Crippen molar-refractivity contribution in [3.8, 4) is 0 Å². The fraction of sp³-hybridized carbons (Fsp3) is 0.562. The lowest BCUT2D eigenvalue weighted by molar-refractivity contribution is 0.0519. The number of rotatable bonds is 4. The highest BCUT2D eigenvalue weighted by Crippen LogP contribution is 2.14. The van der Waals surface area contributed by atoms with E-state index in [-0.39, 0.29) is 18.2 Å². The van der Waals surface area contributed by atoms with Crippen LogP contribution in [0.3, 0.4) is 0 Å². The summed E-state index contributed by atoms with van der Waals surface area (Å²) in [5.41, 5.74) is 0.755. The number of fused-ring (bicyclic) bond motifs is 1. The van der Waals surface area contributed by atoms with Gasteiger partial charge < -0.3 is 14.7 Å². The Bertz CT molecular complexity index is 802. The number of aromatic nitrogens is 3. The van der Waals surface area contributed by atoms with Crippen molar-refractivity contribution in [2.45, 2.75) is 39.3 Å². The van der Waals surface area contributed by atoms with Gasteiger partial charge in [-0.05, 0) is 26.7 Å². The first-order chi connectivity index (χ1) is 11.7. The van der Waals surface area contributed by atoms with Crippen molar-refractivity contribution in [3.63, 3.8) is 0 Å². The highest BCUT2D eigenvalue weighted by atomic mass is 16.5. The number of hydrogen-bond acceptors (Lipinski definition) is 6. The fourth-order valence-electron chi connectivity index (χ4n) is 2.90. The molecule has 2 aromatic heterocycles. The number of hydrogen-bond donors (Lipinski definition) is 1. The molecule has 0 bridgehead atoms. The van der Waals surface area contributed by atoms with E-state index in [4.69, 9.17) is 14.5 Å². The second kappa shape index (κ2) is 7.04. The summed E-state index contributed by atoms with van der Waals surface area (Å²) in [7, 11) is 0. The van der Waals surface area contributed by atoms with E-state index in [2.05, 4.69) is 5.10 Å². The van der Waals surface area contributed by atoms with Gasteiger partial charge in [0.05, 0.1) is 35.8 Å². The number of esters is 1. The third kappa shape index (κ3) is 3.01. The van der Waals surface area contributed by atoms with Crippen molar-refractivity contribution in [1.82, 2.24) is 14.5 Å². The van der Waals surface area contributed by atoms with Gasteiger partial charge in [0.15, 0.2) is 5.65 Å². The van der Waals surface area contributed by atoms with Crippen LogP contribution in [0.4, 0.5) is 0 Å². The highest BCUT2D eigenvalue weighted by molar-refractivity contribution is 5.92. The van der Waals surface area contributed by atoms with Crippen molar-refractivity contribution in [3.05, 3.63) is 23.3 Å². The topological polar surface area (TPSA) is 90.9 Å². The standard InChI is InChI=1S/C16H22N4O4/c1-3-19-15-12(9-17-19)14(18-11-5-7-23-8-6-11)13(10-20(15)22)16(21)24-4-2/h9-11,22H,3-8H2,1-2H3. The summed E-state index contributed by atoms with van der Waals surface area (Å²) in [6.07, 6.45) is 4.60. The van der Waals surface area contributed by atoms with Crippen LogP contribution >= 0.6 is 0 Å².